The minimum absolute atomic E-state index is 0.0569. The predicted molar refractivity (Wildman–Crippen MR) is 118 cm³/mol. The molecule has 4 unspecified atom stereocenters. The van der Waals surface area contributed by atoms with Crippen LogP contribution in [0.1, 0.15) is 71.6 Å². The summed E-state index contributed by atoms with van der Waals surface area (Å²) >= 11 is 0. The van der Waals surface area contributed by atoms with Gasteiger partial charge in [0.1, 0.15) is 0 Å². The van der Waals surface area contributed by atoms with Crippen LogP contribution in [0.3, 0.4) is 0 Å². The van der Waals surface area contributed by atoms with Crippen molar-refractivity contribution in [2.45, 2.75) is 89.3 Å². The number of fused-ring (bicyclic) bond motifs is 7. The van der Waals surface area contributed by atoms with Gasteiger partial charge in [-0.3, -0.25) is 0 Å². The summed E-state index contributed by atoms with van der Waals surface area (Å²) in [5.41, 5.74) is 1.02. The fourth-order valence-electron chi connectivity index (χ4n) is 9.15. The Bertz CT molecular complexity index is 738. The molecule has 0 heterocycles. The lowest BCUT2D eigenvalue weighted by Gasteiger charge is -2.60. The molecule has 0 aromatic heterocycles. The molecular formula is C26H42O5. The second kappa shape index (κ2) is 7.27. The van der Waals surface area contributed by atoms with Gasteiger partial charge in [0.2, 0.25) is 0 Å². The summed E-state index contributed by atoms with van der Waals surface area (Å²) in [7, 11) is 4.82. The Hall–Kier alpha value is -0.460. The number of hydrogen-bond acceptors (Lipinski definition) is 5. The topological polar surface area (TPSA) is 68.2 Å². The first-order valence-electron chi connectivity index (χ1n) is 12.4. The summed E-state index contributed by atoms with van der Waals surface area (Å²) in [6.07, 6.45) is 11.0. The Balaban J connectivity index is 1.42. The first kappa shape index (κ1) is 22.3. The highest BCUT2D eigenvalue weighted by molar-refractivity contribution is 5.30. The molecule has 5 aliphatic carbocycles. The number of ether oxygens (including phenoxy) is 3. The van der Waals surface area contributed by atoms with E-state index in [4.69, 9.17) is 14.2 Å². The Morgan fingerprint density at radius 1 is 1.03 bits per heavy atom. The van der Waals surface area contributed by atoms with E-state index in [1.807, 2.05) is 0 Å². The fourth-order valence-corrected chi connectivity index (χ4v) is 9.15. The number of rotatable bonds is 6. The van der Waals surface area contributed by atoms with Crippen molar-refractivity contribution in [2.24, 2.45) is 40.4 Å². The van der Waals surface area contributed by atoms with Crippen molar-refractivity contribution in [3.63, 3.8) is 0 Å². The van der Waals surface area contributed by atoms with E-state index in [0.29, 0.717) is 42.4 Å². The Morgan fingerprint density at radius 3 is 2.42 bits per heavy atom. The van der Waals surface area contributed by atoms with Gasteiger partial charge in [0.05, 0.1) is 11.7 Å². The maximum Gasteiger partial charge on any atom is 0.282 e. The molecule has 31 heavy (non-hydrogen) atoms. The SMILES string of the molecule is COC(CC[C@]1(O)[C@H]2C[C@H]2C2C3CC=C4CC(O)CC[C@]4(C)C3CC[C@@]21C)(OC)OC. The van der Waals surface area contributed by atoms with Crippen LogP contribution in [0.4, 0.5) is 0 Å². The smallest absolute Gasteiger partial charge is 0.282 e. The van der Waals surface area contributed by atoms with Crippen molar-refractivity contribution >= 4 is 0 Å². The maximum absolute atomic E-state index is 12.2. The third-order valence-corrected chi connectivity index (χ3v) is 11.0. The summed E-state index contributed by atoms with van der Waals surface area (Å²) in [5.74, 6) is 1.91. The van der Waals surface area contributed by atoms with Crippen molar-refractivity contribution in [1.29, 1.82) is 0 Å². The van der Waals surface area contributed by atoms with Crippen molar-refractivity contribution in [2.75, 3.05) is 21.3 Å². The lowest BCUT2D eigenvalue weighted by Crippen LogP contribution is -2.57. The lowest BCUT2D eigenvalue weighted by atomic mass is 9.45. The number of aliphatic hydroxyl groups is 2. The Labute approximate surface area is 187 Å². The molecular weight excluding hydrogens is 392 g/mol. The monoisotopic (exact) mass is 434 g/mol. The summed E-state index contributed by atoms with van der Waals surface area (Å²) in [5, 5.41) is 22.5. The fraction of sp³-hybridized carbons (Fsp3) is 0.923. The van der Waals surface area contributed by atoms with Crippen LogP contribution in [0.5, 0.6) is 0 Å². The first-order chi connectivity index (χ1) is 14.7. The quantitative estimate of drug-likeness (QED) is 0.483. The standard InChI is InChI=1S/C26H42O5/c1-23-10-8-17(27)14-16(23)6-7-18-20(23)9-11-24(2)22(18)19-15-21(19)25(24,28)12-13-26(29-3,30-4)31-5/h6,17-22,27-28H,7-15H2,1-5H3/t17?,18?,19-,20?,21+,22?,23+,24+,25+/m1/s1. The van der Waals surface area contributed by atoms with E-state index in [1.165, 1.54) is 12.0 Å². The summed E-state index contributed by atoms with van der Waals surface area (Å²) in [6.45, 7) is 4.85. The molecule has 0 amide bonds. The van der Waals surface area contributed by atoms with Gasteiger partial charge in [-0.25, -0.2) is 0 Å². The van der Waals surface area contributed by atoms with E-state index < -0.39 is 11.6 Å². The van der Waals surface area contributed by atoms with Crippen LogP contribution in [0.15, 0.2) is 11.6 Å². The minimum Gasteiger partial charge on any atom is -0.393 e. The van der Waals surface area contributed by atoms with Crippen molar-refractivity contribution in [3.8, 4) is 0 Å². The van der Waals surface area contributed by atoms with Gasteiger partial charge in [-0.1, -0.05) is 25.5 Å². The summed E-state index contributed by atoms with van der Waals surface area (Å²) in [4.78, 5) is 0. The third-order valence-electron chi connectivity index (χ3n) is 11.0. The minimum atomic E-state index is -1.08. The van der Waals surface area contributed by atoms with Gasteiger partial charge in [0.25, 0.3) is 5.97 Å². The maximum atomic E-state index is 12.2. The van der Waals surface area contributed by atoms with E-state index in [9.17, 15) is 10.2 Å². The van der Waals surface area contributed by atoms with E-state index in [-0.39, 0.29) is 16.9 Å². The van der Waals surface area contributed by atoms with Gasteiger partial charge in [-0.2, -0.15) is 0 Å². The summed E-state index contributed by atoms with van der Waals surface area (Å²) in [6, 6.07) is 0. The van der Waals surface area contributed by atoms with Crippen LogP contribution in [-0.2, 0) is 14.2 Å². The molecule has 0 bridgehead atoms. The van der Waals surface area contributed by atoms with E-state index in [1.54, 1.807) is 21.3 Å². The molecule has 2 N–H and O–H groups in total. The summed E-state index contributed by atoms with van der Waals surface area (Å²) < 4.78 is 16.6. The second-order valence-corrected chi connectivity index (χ2v) is 11.8. The molecule has 5 rings (SSSR count). The highest BCUT2D eigenvalue weighted by Gasteiger charge is 2.75. The van der Waals surface area contributed by atoms with Gasteiger partial charge in [0, 0.05) is 27.8 Å². The number of aliphatic hydroxyl groups excluding tert-OH is 1. The van der Waals surface area contributed by atoms with Crippen molar-refractivity contribution < 1.29 is 24.4 Å². The molecule has 5 nitrogen and oxygen atoms in total. The zero-order chi connectivity index (χ0) is 22.2. The molecule has 0 aromatic carbocycles. The van der Waals surface area contributed by atoms with Gasteiger partial charge in [-0.05, 0) is 91.8 Å². The van der Waals surface area contributed by atoms with E-state index in [0.717, 1.165) is 38.5 Å². The first-order valence-corrected chi connectivity index (χ1v) is 12.4. The average molecular weight is 435 g/mol. The van der Waals surface area contributed by atoms with Crippen molar-refractivity contribution in [3.05, 3.63) is 11.6 Å². The van der Waals surface area contributed by atoms with Gasteiger partial charge in [0.15, 0.2) is 0 Å². The second-order valence-electron chi connectivity index (χ2n) is 11.8. The van der Waals surface area contributed by atoms with Crippen LogP contribution in [0.25, 0.3) is 0 Å². The molecule has 0 aliphatic heterocycles. The van der Waals surface area contributed by atoms with Crippen LogP contribution in [0, 0.1) is 40.4 Å². The van der Waals surface area contributed by atoms with Gasteiger partial charge < -0.3 is 24.4 Å². The number of allylic oxidation sites excluding steroid dienone is 1. The van der Waals surface area contributed by atoms with Crippen LogP contribution >= 0.6 is 0 Å². The Morgan fingerprint density at radius 2 is 1.74 bits per heavy atom. The molecule has 4 fully saturated rings. The largest absolute Gasteiger partial charge is 0.393 e. The normalized spacial score (nSPS) is 50.7. The van der Waals surface area contributed by atoms with Crippen LogP contribution in [0.2, 0.25) is 0 Å². The molecule has 0 radical (unpaired) electrons. The molecule has 5 aliphatic rings. The number of hydrogen-bond donors (Lipinski definition) is 2. The zero-order valence-electron chi connectivity index (χ0n) is 20.0. The predicted octanol–water partition coefficient (Wildman–Crippen LogP) is 4.27. The van der Waals surface area contributed by atoms with Crippen LogP contribution in [-0.4, -0.2) is 49.2 Å². The zero-order valence-corrected chi connectivity index (χ0v) is 20.0. The molecule has 4 saturated carbocycles. The molecule has 0 saturated heterocycles. The molecule has 9 atom stereocenters. The van der Waals surface area contributed by atoms with Crippen LogP contribution < -0.4 is 0 Å². The lowest BCUT2D eigenvalue weighted by molar-refractivity contribution is -0.359. The third kappa shape index (κ3) is 2.92. The Kier molecular flexibility index (Phi) is 5.24. The highest BCUT2D eigenvalue weighted by Crippen LogP contribution is 2.77. The van der Waals surface area contributed by atoms with E-state index in [2.05, 4.69) is 19.9 Å². The molecule has 0 spiro atoms. The van der Waals surface area contributed by atoms with E-state index >= 15 is 0 Å². The number of methoxy groups -OCH3 is 3. The molecule has 5 heteroatoms. The molecule has 176 valence electrons. The van der Waals surface area contributed by atoms with Gasteiger partial charge >= 0.3 is 0 Å². The molecule has 0 aromatic rings. The van der Waals surface area contributed by atoms with Gasteiger partial charge in [-0.15, -0.1) is 0 Å². The van der Waals surface area contributed by atoms with Crippen molar-refractivity contribution in [1.82, 2.24) is 0 Å². The average Bonchev–Trinajstić information content (AvgIpc) is 3.52. The highest BCUT2D eigenvalue weighted by atomic mass is 16.9.